The number of rotatable bonds is 7. The second-order valence-corrected chi connectivity index (χ2v) is 15.0. The number of anilines is 1. The second kappa shape index (κ2) is 11.6. The van der Waals surface area contributed by atoms with Crippen LogP contribution in [0.4, 0.5) is 10.2 Å². The highest BCUT2D eigenvalue weighted by Gasteiger charge is 2.45. The Balaban J connectivity index is 1.15. The number of nitrogens with one attached hydrogen (secondary N) is 2. The largest absolute Gasteiger partial charge is 0.496 e. The third kappa shape index (κ3) is 4.76. The van der Waals surface area contributed by atoms with Gasteiger partial charge in [-0.3, -0.25) is 19.3 Å². The van der Waals surface area contributed by atoms with Gasteiger partial charge in [-0.2, -0.15) is 0 Å². The number of carbonyl (C=O) groups is 1. The van der Waals surface area contributed by atoms with Crippen molar-refractivity contribution in [1.29, 1.82) is 0 Å². The van der Waals surface area contributed by atoms with Crippen molar-refractivity contribution in [2.75, 3.05) is 19.0 Å². The van der Waals surface area contributed by atoms with Crippen molar-refractivity contribution in [3.63, 3.8) is 0 Å². The third-order valence-electron chi connectivity index (χ3n) is 11.2. The zero-order valence-corrected chi connectivity index (χ0v) is 28.6. The lowest BCUT2D eigenvalue weighted by molar-refractivity contribution is 0.0776. The Bertz CT molecular complexity index is 2470. The molecule has 1 fully saturated rings. The minimum atomic E-state index is -0.684. The molecule has 4 aromatic heterocycles. The summed E-state index contributed by atoms with van der Waals surface area (Å²) in [5, 5.41) is 8.89. The van der Waals surface area contributed by atoms with E-state index in [0.29, 0.717) is 29.7 Å². The molecule has 2 aromatic carbocycles. The number of fused-ring (bicyclic) bond motifs is 6. The summed E-state index contributed by atoms with van der Waals surface area (Å²) in [5.74, 6) is 1.02. The van der Waals surface area contributed by atoms with E-state index in [2.05, 4.69) is 27.6 Å². The summed E-state index contributed by atoms with van der Waals surface area (Å²) in [6.45, 7) is 0.671. The number of pyridine rings is 2. The molecule has 2 aliphatic carbocycles. The van der Waals surface area contributed by atoms with E-state index < -0.39 is 5.76 Å². The van der Waals surface area contributed by atoms with Gasteiger partial charge in [0.15, 0.2) is 5.82 Å². The number of H-pyrrole nitrogens is 1. The van der Waals surface area contributed by atoms with Crippen molar-refractivity contribution >= 4 is 33.1 Å². The van der Waals surface area contributed by atoms with Gasteiger partial charge in [0, 0.05) is 23.2 Å². The summed E-state index contributed by atoms with van der Waals surface area (Å²) in [4.78, 5) is 42.4. The highest BCUT2D eigenvalue weighted by atomic mass is 32.1. The van der Waals surface area contributed by atoms with E-state index in [1.165, 1.54) is 17.2 Å². The molecule has 12 heteroatoms. The number of hydrogen-bond acceptors (Lipinski definition) is 9. The molecule has 6 heterocycles. The van der Waals surface area contributed by atoms with Crippen molar-refractivity contribution < 1.29 is 18.4 Å². The molecule has 51 heavy (non-hydrogen) atoms. The summed E-state index contributed by atoms with van der Waals surface area (Å²) in [5.41, 5.74) is 7.92. The van der Waals surface area contributed by atoms with E-state index in [4.69, 9.17) is 19.2 Å². The smallest absolute Gasteiger partial charge is 0.439 e. The standard InChI is InChI=1S/C39H33FN6O4S/c1-49-29-6-2-4-24-25(29)11-12-26(24)43-37-35-21(13-14-41-37)18-30(51-35)32-31(36-44-39(48)50-45-36)27(17-20-8-7-19-16-22(40)9-10-23(19)20)42-34-28-5-3-15-46(28)38(47)33(32)34/h2,4,6,9-10,13-14,16,18,20,26,28H,3,5,7-8,11-12,15,17H2,1H3,(H,41,43)(H,44,45,48)/t20-,26-,28-/m0/s1. The van der Waals surface area contributed by atoms with Crippen molar-refractivity contribution in [3.05, 3.63) is 110 Å². The van der Waals surface area contributed by atoms with Crippen molar-refractivity contribution in [1.82, 2.24) is 25.0 Å². The van der Waals surface area contributed by atoms with Gasteiger partial charge in [-0.05, 0) is 109 Å². The predicted molar refractivity (Wildman–Crippen MR) is 191 cm³/mol. The molecule has 0 radical (unpaired) electrons. The number of halogens is 1. The maximum Gasteiger partial charge on any atom is 0.439 e. The molecule has 4 aliphatic rings. The van der Waals surface area contributed by atoms with Gasteiger partial charge in [0.25, 0.3) is 5.91 Å². The van der Waals surface area contributed by atoms with Gasteiger partial charge >= 0.3 is 5.76 Å². The monoisotopic (exact) mass is 700 g/mol. The zero-order chi connectivity index (χ0) is 34.4. The zero-order valence-electron chi connectivity index (χ0n) is 27.8. The topological polar surface area (TPSA) is 126 Å². The van der Waals surface area contributed by atoms with Gasteiger partial charge in [-0.25, -0.2) is 14.2 Å². The number of ether oxygens (including phenoxy) is 1. The molecule has 256 valence electrons. The summed E-state index contributed by atoms with van der Waals surface area (Å²) in [7, 11) is 1.71. The highest BCUT2D eigenvalue weighted by molar-refractivity contribution is 7.23. The molecule has 0 saturated carbocycles. The number of aromatic nitrogens is 4. The number of methoxy groups -OCH3 is 1. The van der Waals surface area contributed by atoms with Crippen molar-refractivity contribution in [3.8, 4) is 27.6 Å². The average molecular weight is 701 g/mol. The first-order valence-corrected chi connectivity index (χ1v) is 18.3. The first kappa shape index (κ1) is 30.5. The van der Waals surface area contributed by atoms with Crippen LogP contribution in [-0.4, -0.2) is 44.6 Å². The maximum absolute atomic E-state index is 14.3. The molecule has 0 bridgehead atoms. The second-order valence-electron chi connectivity index (χ2n) is 13.9. The van der Waals surface area contributed by atoms with E-state index in [1.54, 1.807) is 24.5 Å². The molecule has 1 saturated heterocycles. The Hall–Kier alpha value is -5.36. The summed E-state index contributed by atoms with van der Waals surface area (Å²) < 4.78 is 25.9. The van der Waals surface area contributed by atoms with Crippen LogP contribution in [0.2, 0.25) is 0 Å². The van der Waals surface area contributed by atoms with Crippen molar-refractivity contribution in [2.24, 2.45) is 0 Å². The number of thiophene rings is 1. The Kier molecular flexibility index (Phi) is 6.92. The molecule has 1 amide bonds. The van der Waals surface area contributed by atoms with Crippen LogP contribution in [-0.2, 0) is 19.3 Å². The fraction of sp³-hybridized carbons (Fsp3) is 0.308. The summed E-state index contributed by atoms with van der Waals surface area (Å²) in [6, 6.07) is 15.2. The average Bonchev–Trinajstić information content (AvgIpc) is 3.99. The molecular formula is C39H33FN6O4S. The molecule has 3 atom stereocenters. The Morgan fingerprint density at radius 2 is 1.98 bits per heavy atom. The molecule has 2 aliphatic heterocycles. The summed E-state index contributed by atoms with van der Waals surface area (Å²) >= 11 is 1.56. The lowest BCUT2D eigenvalue weighted by atomic mass is 9.89. The normalized spacial score (nSPS) is 20.2. The minimum absolute atomic E-state index is 0.0548. The number of aryl methyl sites for hydroxylation is 1. The molecule has 2 N–H and O–H groups in total. The van der Waals surface area contributed by atoms with Crippen LogP contribution in [0.5, 0.6) is 5.75 Å². The lowest BCUT2D eigenvalue weighted by Crippen LogP contribution is -2.22. The number of nitrogens with zero attached hydrogens (tertiary/aromatic N) is 4. The highest BCUT2D eigenvalue weighted by Crippen LogP contribution is 2.51. The van der Waals surface area contributed by atoms with Crippen molar-refractivity contribution in [2.45, 2.75) is 62.9 Å². The van der Waals surface area contributed by atoms with E-state index in [1.807, 2.05) is 35.4 Å². The van der Waals surface area contributed by atoms with E-state index in [9.17, 15) is 14.0 Å². The number of aromatic amines is 1. The van der Waals surface area contributed by atoms with Crippen LogP contribution in [0.15, 0.2) is 64.0 Å². The third-order valence-corrected chi connectivity index (χ3v) is 12.4. The van der Waals surface area contributed by atoms with Gasteiger partial charge in [0.2, 0.25) is 0 Å². The van der Waals surface area contributed by atoms with E-state index in [0.717, 1.165) is 87.6 Å². The van der Waals surface area contributed by atoms with E-state index in [-0.39, 0.29) is 35.6 Å². The van der Waals surface area contributed by atoms with Crippen LogP contribution in [0.25, 0.3) is 31.9 Å². The maximum atomic E-state index is 14.3. The lowest BCUT2D eigenvalue weighted by Gasteiger charge is -2.19. The minimum Gasteiger partial charge on any atom is -0.496 e. The molecule has 10 nitrogen and oxygen atoms in total. The van der Waals surface area contributed by atoms with Gasteiger partial charge in [-0.15, -0.1) is 11.3 Å². The molecule has 0 spiro atoms. The number of hydrogen-bond donors (Lipinski definition) is 2. The number of amides is 1. The van der Waals surface area contributed by atoms with Gasteiger partial charge in [0.1, 0.15) is 17.4 Å². The number of benzene rings is 2. The first-order valence-electron chi connectivity index (χ1n) is 17.5. The van der Waals surface area contributed by atoms with Crippen LogP contribution in [0.3, 0.4) is 0 Å². The first-order chi connectivity index (χ1) is 24.9. The molecule has 6 aromatic rings. The van der Waals surface area contributed by atoms with Gasteiger partial charge in [0.05, 0.1) is 46.4 Å². The molecule has 10 rings (SSSR count). The predicted octanol–water partition coefficient (Wildman–Crippen LogP) is 7.51. The van der Waals surface area contributed by atoms with Crippen LogP contribution < -0.4 is 15.8 Å². The Morgan fingerprint density at radius 3 is 2.84 bits per heavy atom. The fourth-order valence-electron chi connectivity index (χ4n) is 8.97. The van der Waals surface area contributed by atoms with Gasteiger partial charge < -0.3 is 15.0 Å². The Labute approximate surface area is 295 Å². The quantitative estimate of drug-likeness (QED) is 0.175. The molecular weight excluding hydrogens is 668 g/mol. The van der Waals surface area contributed by atoms with Gasteiger partial charge in [-0.1, -0.05) is 23.4 Å². The summed E-state index contributed by atoms with van der Waals surface area (Å²) in [6.07, 6.45) is 7.55. The van der Waals surface area contributed by atoms with E-state index >= 15 is 0 Å². The Morgan fingerprint density at radius 1 is 1.06 bits per heavy atom. The number of carbonyl (C=O) groups excluding carboxylic acids is 1. The van der Waals surface area contributed by atoms with Crippen LogP contribution >= 0.6 is 11.3 Å². The van der Waals surface area contributed by atoms with Crippen LogP contribution in [0.1, 0.15) is 87.7 Å². The fourth-order valence-corrected chi connectivity index (χ4v) is 10.1. The SMILES string of the molecule is COc1cccc2c1CC[C@@H]2Nc1nccc2cc(-c3c4c(nc(C[C@@H]5CCc6cc(F)ccc65)c3-c3noc(=O)[nH]3)[C@@H]3CCCN3C4=O)sc12. The molecule has 0 unspecified atom stereocenters. The van der Waals surface area contributed by atoms with Crippen LogP contribution in [0, 0.1) is 5.82 Å².